The van der Waals surface area contributed by atoms with Crippen LogP contribution in [0.2, 0.25) is 0 Å². The molecule has 1 saturated carbocycles. The highest BCUT2D eigenvalue weighted by molar-refractivity contribution is 5.91. The van der Waals surface area contributed by atoms with E-state index >= 15 is 0 Å². The van der Waals surface area contributed by atoms with Crippen molar-refractivity contribution in [2.75, 3.05) is 0 Å². The number of aliphatic hydroxyl groups is 1. The molecule has 1 heterocycles. The van der Waals surface area contributed by atoms with Crippen LogP contribution in [0.5, 0.6) is 0 Å². The van der Waals surface area contributed by atoms with Gasteiger partial charge >= 0.3 is 0 Å². The molecule has 1 aromatic carbocycles. The Balaban J connectivity index is 1.54. The van der Waals surface area contributed by atoms with Gasteiger partial charge in [0.05, 0.1) is 5.69 Å². The summed E-state index contributed by atoms with van der Waals surface area (Å²) in [6.45, 7) is 4.20. The lowest BCUT2D eigenvalue weighted by atomic mass is 9.73. The fourth-order valence-electron chi connectivity index (χ4n) is 4.91. The summed E-state index contributed by atoms with van der Waals surface area (Å²) in [7, 11) is 0. The summed E-state index contributed by atoms with van der Waals surface area (Å²) in [4.78, 5) is 17.1. The average Bonchev–Trinajstić information content (AvgIpc) is 2.85. The third-order valence-electron chi connectivity index (χ3n) is 7.19. The number of carbonyl (C=O) groups is 1. The fourth-order valence-corrected chi connectivity index (χ4v) is 4.91. The van der Waals surface area contributed by atoms with Gasteiger partial charge in [-0.05, 0) is 68.1 Å². The maximum absolute atomic E-state index is 14.2. The van der Waals surface area contributed by atoms with Crippen LogP contribution in [0.3, 0.4) is 0 Å². The maximum atomic E-state index is 14.2. The van der Waals surface area contributed by atoms with Crippen molar-refractivity contribution in [3.8, 4) is 11.3 Å². The van der Waals surface area contributed by atoms with Crippen molar-refractivity contribution in [2.45, 2.75) is 109 Å². The van der Waals surface area contributed by atoms with Gasteiger partial charge in [0.15, 0.2) is 12.0 Å². The van der Waals surface area contributed by atoms with Crippen LogP contribution in [-0.2, 0) is 11.2 Å². The first kappa shape index (κ1) is 25.6. The van der Waals surface area contributed by atoms with E-state index in [-0.39, 0.29) is 6.42 Å². The second-order valence-electron chi connectivity index (χ2n) is 9.76. The Kier molecular flexibility index (Phi) is 9.61. The summed E-state index contributed by atoms with van der Waals surface area (Å²) in [6, 6.07) is 12.7. The lowest BCUT2D eigenvalue weighted by Gasteiger charge is -2.35. The first-order valence-corrected chi connectivity index (χ1v) is 12.9. The van der Waals surface area contributed by atoms with Crippen molar-refractivity contribution in [3.05, 3.63) is 53.7 Å². The van der Waals surface area contributed by atoms with Gasteiger partial charge in [-0.15, -0.1) is 0 Å². The Bertz CT molecular complexity index is 854. The summed E-state index contributed by atoms with van der Waals surface area (Å²) < 4.78 is 14.2. The number of rotatable bonds is 12. The summed E-state index contributed by atoms with van der Waals surface area (Å²) in [5.41, 5.74) is 3.08. The van der Waals surface area contributed by atoms with Crippen LogP contribution < -0.4 is 0 Å². The number of alkyl halides is 1. The molecule has 1 atom stereocenters. The number of carbonyl (C=O) groups excluding carboxylic acids is 1. The van der Waals surface area contributed by atoms with E-state index in [1.165, 1.54) is 36.8 Å². The number of halogens is 1. The standard InChI is InChI=1S/C29H40FNO2/c1-3-5-7-8-9-22-11-16-27(31-21-22)25-14-12-23(13-15-25)24-17-19-29(33,20-18-24)28(32)26(30)10-6-4-2/h11-16,21,24,26,33H,3-10,17-20H2,1-2H3. The normalized spacial score (nSPS) is 21.6. The lowest BCUT2D eigenvalue weighted by Crippen LogP contribution is -2.46. The van der Waals surface area contributed by atoms with Crippen molar-refractivity contribution in [1.82, 2.24) is 4.98 Å². The molecule has 4 heteroatoms. The third kappa shape index (κ3) is 6.96. The molecular weight excluding hydrogens is 413 g/mol. The number of hydrogen-bond donors (Lipinski definition) is 1. The van der Waals surface area contributed by atoms with Gasteiger partial charge in [0.1, 0.15) is 5.60 Å². The topological polar surface area (TPSA) is 50.2 Å². The van der Waals surface area contributed by atoms with Crippen LogP contribution >= 0.6 is 0 Å². The van der Waals surface area contributed by atoms with E-state index in [9.17, 15) is 14.3 Å². The second-order valence-corrected chi connectivity index (χ2v) is 9.76. The van der Waals surface area contributed by atoms with Crippen LogP contribution in [0.4, 0.5) is 4.39 Å². The van der Waals surface area contributed by atoms with Crippen LogP contribution in [0.15, 0.2) is 42.6 Å². The molecule has 3 rings (SSSR count). The van der Waals surface area contributed by atoms with Gasteiger partial charge in [-0.3, -0.25) is 9.78 Å². The molecule has 1 fully saturated rings. The molecule has 0 bridgehead atoms. The quantitative estimate of drug-likeness (QED) is 0.342. The Morgan fingerprint density at radius 3 is 2.33 bits per heavy atom. The predicted octanol–water partition coefficient (Wildman–Crippen LogP) is 7.36. The average molecular weight is 454 g/mol. The molecule has 0 amide bonds. The van der Waals surface area contributed by atoms with Gasteiger partial charge in [0.2, 0.25) is 0 Å². The van der Waals surface area contributed by atoms with E-state index in [0.717, 1.165) is 24.1 Å². The summed E-state index contributed by atoms with van der Waals surface area (Å²) in [5.74, 6) is -0.316. The van der Waals surface area contributed by atoms with Crippen molar-refractivity contribution < 1.29 is 14.3 Å². The highest BCUT2D eigenvalue weighted by Gasteiger charge is 2.43. The number of pyridine rings is 1. The highest BCUT2D eigenvalue weighted by Crippen LogP contribution is 2.40. The predicted molar refractivity (Wildman–Crippen MR) is 133 cm³/mol. The van der Waals surface area contributed by atoms with E-state index in [4.69, 9.17) is 0 Å². The van der Waals surface area contributed by atoms with Crippen molar-refractivity contribution in [3.63, 3.8) is 0 Å². The number of hydrogen-bond acceptors (Lipinski definition) is 3. The minimum absolute atomic E-state index is 0.219. The molecule has 0 saturated heterocycles. The van der Waals surface area contributed by atoms with Gasteiger partial charge in [0.25, 0.3) is 0 Å². The second kappa shape index (κ2) is 12.4. The van der Waals surface area contributed by atoms with Crippen LogP contribution in [0.1, 0.15) is 102 Å². The molecule has 180 valence electrons. The van der Waals surface area contributed by atoms with Gasteiger partial charge in [0, 0.05) is 11.8 Å². The minimum atomic E-state index is -1.54. The fraction of sp³-hybridized carbons (Fsp3) is 0.586. The first-order valence-electron chi connectivity index (χ1n) is 12.9. The number of aryl methyl sites for hydroxylation is 1. The molecule has 1 aromatic heterocycles. The van der Waals surface area contributed by atoms with E-state index < -0.39 is 17.6 Å². The van der Waals surface area contributed by atoms with Gasteiger partial charge in [-0.2, -0.15) is 0 Å². The number of Topliss-reactive ketones (excluding diaryl/α,β-unsaturated/α-hetero) is 1. The molecule has 0 aliphatic heterocycles. The molecule has 0 radical (unpaired) electrons. The van der Waals surface area contributed by atoms with E-state index in [1.807, 2.05) is 13.1 Å². The van der Waals surface area contributed by atoms with Gasteiger partial charge in [-0.1, -0.05) is 76.3 Å². The molecule has 1 aliphatic rings. The van der Waals surface area contributed by atoms with Crippen LogP contribution in [0, 0.1) is 0 Å². The van der Waals surface area contributed by atoms with Crippen molar-refractivity contribution >= 4 is 5.78 Å². The van der Waals surface area contributed by atoms with E-state index in [0.29, 0.717) is 38.0 Å². The number of ketones is 1. The third-order valence-corrected chi connectivity index (χ3v) is 7.19. The first-order chi connectivity index (χ1) is 16.0. The van der Waals surface area contributed by atoms with E-state index in [2.05, 4.69) is 48.3 Å². The lowest BCUT2D eigenvalue weighted by molar-refractivity contribution is -0.146. The maximum Gasteiger partial charge on any atom is 0.198 e. The molecule has 0 spiro atoms. The van der Waals surface area contributed by atoms with Crippen molar-refractivity contribution in [2.24, 2.45) is 0 Å². The summed E-state index contributed by atoms with van der Waals surface area (Å²) >= 11 is 0. The van der Waals surface area contributed by atoms with Crippen molar-refractivity contribution in [1.29, 1.82) is 0 Å². The molecule has 3 nitrogen and oxygen atoms in total. The number of nitrogens with zero attached hydrogens (tertiary/aromatic N) is 1. The summed E-state index contributed by atoms with van der Waals surface area (Å²) in [6.07, 6.45) is 10.4. The Morgan fingerprint density at radius 2 is 1.73 bits per heavy atom. The SMILES string of the molecule is CCCCCCc1ccc(-c2ccc(C3CCC(O)(C(=O)C(F)CCCC)CC3)cc2)nc1. The van der Waals surface area contributed by atoms with Crippen LogP contribution in [-0.4, -0.2) is 27.6 Å². The zero-order chi connectivity index (χ0) is 23.7. The Labute approximate surface area is 198 Å². The Hall–Kier alpha value is -2.07. The van der Waals surface area contributed by atoms with Crippen LogP contribution in [0.25, 0.3) is 11.3 Å². The molecule has 1 unspecified atom stereocenters. The zero-order valence-electron chi connectivity index (χ0n) is 20.4. The minimum Gasteiger partial charge on any atom is -0.382 e. The Morgan fingerprint density at radius 1 is 1.03 bits per heavy atom. The number of aromatic nitrogens is 1. The smallest absolute Gasteiger partial charge is 0.198 e. The molecular formula is C29H40FNO2. The van der Waals surface area contributed by atoms with E-state index in [1.54, 1.807) is 0 Å². The monoisotopic (exact) mass is 453 g/mol. The number of benzene rings is 1. The van der Waals surface area contributed by atoms with Gasteiger partial charge in [-0.25, -0.2) is 4.39 Å². The van der Waals surface area contributed by atoms with Gasteiger partial charge < -0.3 is 5.11 Å². The highest BCUT2D eigenvalue weighted by atomic mass is 19.1. The summed E-state index contributed by atoms with van der Waals surface area (Å²) in [5, 5.41) is 10.8. The molecule has 1 aliphatic carbocycles. The molecule has 2 aromatic rings. The zero-order valence-corrected chi connectivity index (χ0v) is 20.4. The number of unbranched alkanes of at least 4 members (excludes halogenated alkanes) is 4. The molecule has 33 heavy (non-hydrogen) atoms. The largest absolute Gasteiger partial charge is 0.382 e. The molecule has 1 N–H and O–H groups in total.